The molecule has 2 unspecified atom stereocenters. The van der Waals surface area contributed by atoms with Crippen LogP contribution in [0, 0.1) is 11.6 Å². The topological polar surface area (TPSA) is 92.3 Å². The predicted molar refractivity (Wildman–Crippen MR) is 108 cm³/mol. The number of aliphatic hydroxyl groups is 1. The van der Waals surface area contributed by atoms with Crippen molar-refractivity contribution < 1.29 is 23.4 Å². The second-order valence-electron chi connectivity index (χ2n) is 7.11. The number of H-pyrrole nitrogens is 1. The second-order valence-corrected chi connectivity index (χ2v) is 8.74. The minimum absolute atomic E-state index is 0.00943. The molecule has 4 heterocycles. The molecule has 0 saturated carbocycles. The standard InChI is InChI=1S/C19H17ClF2N4O3S/c20-9-4-12-18(25-17(9)23-5-8-10(21)2-1-3-11(8)22)26-19(24-12)30-14-7-29-15-13(27)6-28-16(14)15/h1-4,13-16,27H,5-7H2,(H2,23,24,25,26)/t13-,14-,15?,16?/m1/s1. The number of hydrogen-bond acceptors (Lipinski definition) is 7. The monoisotopic (exact) mass is 454 g/mol. The Labute approximate surface area is 179 Å². The summed E-state index contributed by atoms with van der Waals surface area (Å²) in [6.07, 6.45) is -1.11. The Hall–Kier alpha value is -1.98. The van der Waals surface area contributed by atoms with E-state index in [0.717, 1.165) is 0 Å². The number of halogens is 3. The number of anilines is 1. The Balaban J connectivity index is 1.33. The van der Waals surface area contributed by atoms with Crippen molar-refractivity contribution in [2.75, 3.05) is 18.5 Å². The van der Waals surface area contributed by atoms with Crippen LogP contribution in [0.25, 0.3) is 11.2 Å². The van der Waals surface area contributed by atoms with Crippen molar-refractivity contribution in [3.63, 3.8) is 0 Å². The Morgan fingerprint density at radius 2 is 1.97 bits per heavy atom. The lowest BCUT2D eigenvalue weighted by Gasteiger charge is -2.13. The molecule has 2 aliphatic heterocycles. The highest BCUT2D eigenvalue weighted by atomic mass is 35.5. The summed E-state index contributed by atoms with van der Waals surface area (Å²) >= 11 is 7.73. The van der Waals surface area contributed by atoms with Crippen LogP contribution < -0.4 is 5.32 Å². The minimum atomic E-state index is -0.644. The van der Waals surface area contributed by atoms with Gasteiger partial charge in [-0.3, -0.25) is 0 Å². The molecule has 5 rings (SSSR count). The Kier molecular flexibility index (Phi) is 5.28. The van der Waals surface area contributed by atoms with E-state index < -0.39 is 17.7 Å². The lowest BCUT2D eigenvalue weighted by atomic mass is 10.1. The molecule has 1 aromatic carbocycles. The number of benzene rings is 1. The highest BCUT2D eigenvalue weighted by molar-refractivity contribution is 7.99. The fraction of sp³-hybridized carbons (Fsp3) is 0.368. The molecule has 0 radical (unpaired) electrons. The number of hydrogen-bond donors (Lipinski definition) is 3. The fourth-order valence-corrected chi connectivity index (χ4v) is 4.96. The van der Waals surface area contributed by atoms with E-state index in [4.69, 9.17) is 21.1 Å². The van der Waals surface area contributed by atoms with E-state index in [1.807, 2.05) is 0 Å². The summed E-state index contributed by atoms with van der Waals surface area (Å²) in [5, 5.41) is 13.6. The van der Waals surface area contributed by atoms with Gasteiger partial charge >= 0.3 is 0 Å². The summed E-state index contributed by atoms with van der Waals surface area (Å²) in [6.45, 7) is 0.607. The first-order valence-electron chi connectivity index (χ1n) is 9.30. The van der Waals surface area contributed by atoms with Gasteiger partial charge in [-0.15, -0.1) is 0 Å². The molecule has 3 aromatic rings. The molecule has 158 valence electrons. The van der Waals surface area contributed by atoms with Gasteiger partial charge in [0, 0.05) is 12.1 Å². The fourth-order valence-electron chi connectivity index (χ4n) is 3.64. The number of thioether (sulfide) groups is 1. The molecule has 2 aromatic heterocycles. The van der Waals surface area contributed by atoms with Gasteiger partial charge < -0.3 is 24.9 Å². The smallest absolute Gasteiger partial charge is 0.180 e. The van der Waals surface area contributed by atoms with Crippen LogP contribution in [0.1, 0.15) is 5.56 Å². The number of aromatic amines is 1. The molecule has 0 bridgehead atoms. The highest BCUT2D eigenvalue weighted by Crippen LogP contribution is 2.37. The van der Waals surface area contributed by atoms with Crippen LogP contribution in [0.3, 0.4) is 0 Å². The number of pyridine rings is 1. The summed E-state index contributed by atoms with van der Waals surface area (Å²) < 4.78 is 38.9. The van der Waals surface area contributed by atoms with Crippen molar-refractivity contribution in [3.05, 3.63) is 46.5 Å². The summed E-state index contributed by atoms with van der Waals surface area (Å²) in [6, 6.07) is 5.35. The van der Waals surface area contributed by atoms with E-state index in [9.17, 15) is 13.9 Å². The second kappa shape index (κ2) is 7.93. The van der Waals surface area contributed by atoms with Crippen LogP contribution in [-0.2, 0) is 16.0 Å². The molecule has 2 saturated heterocycles. The molecule has 30 heavy (non-hydrogen) atoms. The normalized spacial score (nSPS) is 25.7. The maximum Gasteiger partial charge on any atom is 0.180 e. The van der Waals surface area contributed by atoms with Crippen LogP contribution in [0.5, 0.6) is 0 Å². The molecule has 2 fully saturated rings. The predicted octanol–water partition coefficient (Wildman–Crippen LogP) is 3.12. The molecule has 0 aliphatic carbocycles. The number of nitrogens with zero attached hydrogens (tertiary/aromatic N) is 2. The molecular weight excluding hydrogens is 438 g/mol. The largest absolute Gasteiger partial charge is 0.388 e. The van der Waals surface area contributed by atoms with Crippen LogP contribution in [0.15, 0.2) is 29.4 Å². The lowest BCUT2D eigenvalue weighted by molar-refractivity contribution is 0.0188. The number of rotatable bonds is 5. The number of fused-ring (bicyclic) bond motifs is 2. The van der Waals surface area contributed by atoms with E-state index in [1.165, 1.54) is 30.0 Å². The van der Waals surface area contributed by atoms with Crippen molar-refractivity contribution in [2.45, 2.75) is 35.3 Å². The average molecular weight is 455 g/mol. The van der Waals surface area contributed by atoms with Gasteiger partial charge in [-0.25, -0.2) is 18.7 Å². The van der Waals surface area contributed by atoms with E-state index in [1.54, 1.807) is 6.07 Å². The molecule has 7 nitrogen and oxygen atoms in total. The molecule has 0 amide bonds. The number of ether oxygens (including phenoxy) is 2. The Morgan fingerprint density at radius 1 is 1.20 bits per heavy atom. The first-order valence-corrected chi connectivity index (χ1v) is 10.6. The molecule has 4 atom stereocenters. The zero-order valence-electron chi connectivity index (χ0n) is 15.4. The lowest BCUT2D eigenvalue weighted by Crippen LogP contribution is -2.29. The number of aliphatic hydroxyl groups excluding tert-OH is 1. The Bertz CT molecular complexity index is 1080. The number of aromatic nitrogens is 3. The number of imidazole rings is 1. The van der Waals surface area contributed by atoms with Gasteiger partial charge in [-0.1, -0.05) is 29.4 Å². The van der Waals surface area contributed by atoms with Crippen LogP contribution in [0.4, 0.5) is 14.6 Å². The molecular formula is C19H17ClF2N4O3S. The summed E-state index contributed by atoms with van der Waals surface area (Å²) in [4.78, 5) is 12.0. The van der Waals surface area contributed by atoms with Crippen molar-refractivity contribution in [3.8, 4) is 0 Å². The molecule has 3 N–H and O–H groups in total. The zero-order chi connectivity index (χ0) is 20.8. The van der Waals surface area contributed by atoms with Gasteiger partial charge in [0.05, 0.1) is 29.0 Å². The van der Waals surface area contributed by atoms with Crippen molar-refractivity contribution in [1.29, 1.82) is 0 Å². The van der Waals surface area contributed by atoms with Crippen LogP contribution in [-0.4, -0.2) is 56.8 Å². The average Bonchev–Trinajstić information content (AvgIpc) is 3.39. The third-order valence-electron chi connectivity index (χ3n) is 5.14. The highest BCUT2D eigenvalue weighted by Gasteiger charge is 2.47. The quantitative estimate of drug-likeness (QED) is 0.545. The first-order chi connectivity index (χ1) is 14.5. The summed E-state index contributed by atoms with van der Waals surface area (Å²) in [5.41, 5.74) is 0.956. The molecule has 11 heteroatoms. The van der Waals surface area contributed by atoms with E-state index >= 15 is 0 Å². The summed E-state index contributed by atoms with van der Waals surface area (Å²) in [7, 11) is 0. The van der Waals surface area contributed by atoms with Gasteiger partial charge in [0.25, 0.3) is 0 Å². The van der Waals surface area contributed by atoms with E-state index in [0.29, 0.717) is 27.9 Å². The third kappa shape index (κ3) is 3.63. The van der Waals surface area contributed by atoms with Crippen LogP contribution >= 0.6 is 23.4 Å². The molecule has 2 aliphatic rings. The minimum Gasteiger partial charge on any atom is -0.388 e. The SMILES string of the molecule is O[C@@H]1COC2C1OC[C@H]2Sc1nc2nc(NCc3c(F)cccc3F)c(Cl)cc2[nH]1. The molecule has 0 spiro atoms. The van der Waals surface area contributed by atoms with Gasteiger partial charge in [0.15, 0.2) is 10.8 Å². The van der Waals surface area contributed by atoms with E-state index in [2.05, 4.69) is 20.3 Å². The number of nitrogens with one attached hydrogen (secondary N) is 2. The van der Waals surface area contributed by atoms with Crippen molar-refractivity contribution in [1.82, 2.24) is 15.0 Å². The first kappa shape index (κ1) is 20.0. The maximum absolute atomic E-state index is 13.8. The van der Waals surface area contributed by atoms with Gasteiger partial charge in [0.2, 0.25) is 0 Å². The maximum atomic E-state index is 13.8. The van der Waals surface area contributed by atoms with E-state index in [-0.39, 0.29) is 42.0 Å². The van der Waals surface area contributed by atoms with Gasteiger partial charge in [-0.2, -0.15) is 0 Å². The van der Waals surface area contributed by atoms with Crippen molar-refractivity contribution >= 4 is 40.3 Å². The van der Waals surface area contributed by atoms with Crippen LogP contribution in [0.2, 0.25) is 5.02 Å². The third-order valence-corrected chi connectivity index (χ3v) is 6.56. The van der Waals surface area contributed by atoms with Gasteiger partial charge in [-0.05, 0) is 18.2 Å². The van der Waals surface area contributed by atoms with Crippen molar-refractivity contribution in [2.24, 2.45) is 0 Å². The zero-order valence-corrected chi connectivity index (χ0v) is 17.0. The Morgan fingerprint density at radius 3 is 2.77 bits per heavy atom. The van der Waals surface area contributed by atoms with Gasteiger partial charge in [0.1, 0.15) is 35.8 Å². The summed E-state index contributed by atoms with van der Waals surface area (Å²) in [5.74, 6) is -1.01.